The normalized spacial score (nSPS) is 11.8. The first-order valence-corrected chi connectivity index (χ1v) is 12.1. The summed E-state index contributed by atoms with van der Waals surface area (Å²) in [4.78, 5) is 2.78. The van der Waals surface area contributed by atoms with E-state index in [1.54, 1.807) is 7.11 Å². The molecule has 32 heavy (non-hydrogen) atoms. The van der Waals surface area contributed by atoms with Crippen molar-refractivity contribution >= 4 is 33.1 Å². The van der Waals surface area contributed by atoms with Crippen LogP contribution in [0.1, 0.15) is 21.6 Å². The molecule has 0 amide bonds. The van der Waals surface area contributed by atoms with Crippen molar-refractivity contribution in [3.05, 3.63) is 58.0 Å². The van der Waals surface area contributed by atoms with Crippen molar-refractivity contribution in [1.82, 2.24) is 4.57 Å². The molecule has 0 unspecified atom stereocenters. The lowest BCUT2D eigenvalue weighted by Gasteiger charge is -2.09. The zero-order valence-electron chi connectivity index (χ0n) is 19.8. The molecule has 0 bridgehead atoms. The zero-order valence-corrected chi connectivity index (χ0v) is 20.6. The zero-order chi connectivity index (χ0) is 22.7. The molecule has 0 saturated carbocycles. The van der Waals surface area contributed by atoms with Gasteiger partial charge in [0.2, 0.25) is 0 Å². The second kappa shape index (κ2) is 10.2. The van der Waals surface area contributed by atoms with Gasteiger partial charge in [-0.1, -0.05) is 17.7 Å². The number of hydrogen-bond acceptors (Lipinski definition) is 4. The third-order valence-corrected chi connectivity index (χ3v) is 7.59. The molecular weight excluding hydrogens is 418 g/mol. The molecule has 0 radical (unpaired) electrons. The maximum absolute atomic E-state index is 5.85. The molecule has 0 saturated heterocycles. The van der Waals surface area contributed by atoms with Gasteiger partial charge < -0.3 is 18.8 Å². The molecule has 2 heterocycles. The Morgan fingerprint density at radius 2 is 1.41 bits per heavy atom. The molecule has 0 aliphatic carbocycles. The van der Waals surface area contributed by atoms with E-state index < -0.39 is 0 Å². The molecule has 0 aliphatic rings. The molecule has 4 rings (SSSR count). The van der Waals surface area contributed by atoms with Crippen LogP contribution in [0.5, 0.6) is 0 Å². The number of methoxy groups -OCH3 is 1. The lowest BCUT2D eigenvalue weighted by molar-refractivity contribution is 0.0234. The van der Waals surface area contributed by atoms with Gasteiger partial charge in [0.25, 0.3) is 0 Å². The molecule has 0 spiro atoms. The van der Waals surface area contributed by atoms with Crippen LogP contribution < -0.4 is 0 Å². The van der Waals surface area contributed by atoms with Crippen molar-refractivity contribution in [2.75, 3.05) is 40.1 Å². The van der Waals surface area contributed by atoms with Crippen molar-refractivity contribution in [3.8, 4) is 10.4 Å². The van der Waals surface area contributed by atoms with Crippen molar-refractivity contribution in [1.29, 1.82) is 0 Å². The van der Waals surface area contributed by atoms with Gasteiger partial charge in [-0.25, -0.2) is 0 Å². The largest absolute Gasteiger partial charge is 0.382 e. The molecule has 0 fully saturated rings. The van der Waals surface area contributed by atoms with Gasteiger partial charge in [0, 0.05) is 45.2 Å². The summed E-state index contributed by atoms with van der Waals surface area (Å²) in [5.41, 5.74) is 7.92. The van der Waals surface area contributed by atoms with Crippen molar-refractivity contribution in [2.45, 2.75) is 34.2 Å². The molecule has 170 valence electrons. The van der Waals surface area contributed by atoms with E-state index in [2.05, 4.69) is 68.7 Å². The minimum atomic E-state index is 0.595. The Balaban J connectivity index is 1.61. The van der Waals surface area contributed by atoms with Crippen LogP contribution in [0.2, 0.25) is 0 Å². The van der Waals surface area contributed by atoms with Crippen LogP contribution in [-0.4, -0.2) is 44.7 Å². The van der Waals surface area contributed by atoms with Crippen LogP contribution in [-0.2, 0) is 20.8 Å². The van der Waals surface area contributed by atoms with Gasteiger partial charge in [0.15, 0.2) is 0 Å². The van der Waals surface area contributed by atoms with Crippen molar-refractivity contribution < 1.29 is 14.2 Å². The Labute approximate surface area is 194 Å². The van der Waals surface area contributed by atoms with Crippen LogP contribution in [0.15, 0.2) is 36.4 Å². The number of aromatic nitrogens is 1. The highest BCUT2D eigenvalue weighted by Crippen LogP contribution is 2.39. The van der Waals surface area contributed by atoms with Gasteiger partial charge in [-0.15, -0.1) is 11.3 Å². The van der Waals surface area contributed by atoms with Gasteiger partial charge in [-0.2, -0.15) is 0 Å². The SMILES string of the molecule is COCCOCCOCCn1c2ccc(C)cc2c2cc(-c3sc(C)c(C)c3C)ccc21. The second-order valence-corrected chi connectivity index (χ2v) is 9.58. The van der Waals surface area contributed by atoms with Gasteiger partial charge >= 0.3 is 0 Å². The Morgan fingerprint density at radius 3 is 2.09 bits per heavy atom. The first kappa shape index (κ1) is 23.0. The standard InChI is InChI=1S/C27H33NO3S/c1-18-6-8-25-23(16-18)24-17-22(27-20(3)19(2)21(4)32-27)7-9-26(24)28(25)10-11-30-14-15-31-13-12-29-5/h6-9,16-17H,10-15H2,1-5H3. The van der Waals surface area contributed by atoms with E-state index in [9.17, 15) is 0 Å². The summed E-state index contributed by atoms with van der Waals surface area (Å²) >= 11 is 1.90. The van der Waals surface area contributed by atoms with Crippen LogP contribution in [0.4, 0.5) is 0 Å². The van der Waals surface area contributed by atoms with E-state index in [4.69, 9.17) is 14.2 Å². The lowest BCUT2D eigenvalue weighted by Crippen LogP contribution is -2.11. The van der Waals surface area contributed by atoms with E-state index in [-0.39, 0.29) is 0 Å². The van der Waals surface area contributed by atoms with E-state index in [1.165, 1.54) is 53.8 Å². The molecule has 4 nitrogen and oxygen atoms in total. The summed E-state index contributed by atoms with van der Waals surface area (Å²) in [6.45, 7) is 12.7. The summed E-state index contributed by atoms with van der Waals surface area (Å²) in [7, 11) is 1.68. The molecular formula is C27H33NO3S. The van der Waals surface area contributed by atoms with E-state index in [0.717, 1.165) is 6.54 Å². The fourth-order valence-electron chi connectivity index (χ4n) is 4.24. The number of benzene rings is 2. The third kappa shape index (κ3) is 4.62. The summed E-state index contributed by atoms with van der Waals surface area (Å²) in [5.74, 6) is 0. The number of fused-ring (bicyclic) bond motifs is 3. The van der Waals surface area contributed by atoms with Crippen LogP contribution >= 0.6 is 11.3 Å². The minimum absolute atomic E-state index is 0.595. The van der Waals surface area contributed by atoms with E-state index >= 15 is 0 Å². The number of nitrogens with zero attached hydrogens (tertiary/aromatic N) is 1. The summed E-state index contributed by atoms with van der Waals surface area (Å²) in [6.07, 6.45) is 0. The molecule has 0 aliphatic heterocycles. The average Bonchev–Trinajstić information content (AvgIpc) is 3.23. The molecule has 2 aromatic heterocycles. The predicted octanol–water partition coefficient (Wildman–Crippen LogP) is 6.44. The Morgan fingerprint density at radius 1 is 0.750 bits per heavy atom. The van der Waals surface area contributed by atoms with E-state index in [0.29, 0.717) is 33.0 Å². The first-order chi connectivity index (χ1) is 15.5. The number of hydrogen-bond donors (Lipinski definition) is 0. The van der Waals surface area contributed by atoms with Gasteiger partial charge in [-0.3, -0.25) is 0 Å². The quantitative estimate of drug-likeness (QED) is 0.260. The maximum Gasteiger partial charge on any atom is 0.0701 e. The summed E-state index contributed by atoms with van der Waals surface area (Å²) in [6, 6.07) is 13.7. The molecule has 2 aromatic carbocycles. The topological polar surface area (TPSA) is 32.6 Å². The molecule has 5 heteroatoms. The minimum Gasteiger partial charge on any atom is -0.382 e. The lowest BCUT2D eigenvalue weighted by atomic mass is 10.0. The highest BCUT2D eigenvalue weighted by atomic mass is 32.1. The average molecular weight is 452 g/mol. The number of ether oxygens (including phenoxy) is 3. The second-order valence-electron chi connectivity index (χ2n) is 8.36. The number of rotatable bonds is 10. The van der Waals surface area contributed by atoms with Crippen molar-refractivity contribution in [2.24, 2.45) is 0 Å². The van der Waals surface area contributed by atoms with Gasteiger partial charge in [-0.05, 0) is 68.7 Å². The molecule has 0 atom stereocenters. The first-order valence-electron chi connectivity index (χ1n) is 11.2. The van der Waals surface area contributed by atoms with Gasteiger partial charge in [0.1, 0.15) is 0 Å². The van der Waals surface area contributed by atoms with Crippen LogP contribution in [0.3, 0.4) is 0 Å². The summed E-state index contributed by atoms with van der Waals surface area (Å²) in [5, 5.41) is 2.62. The predicted molar refractivity (Wildman–Crippen MR) is 135 cm³/mol. The highest BCUT2D eigenvalue weighted by molar-refractivity contribution is 7.15. The fraction of sp³-hybridized carbons (Fsp3) is 0.407. The van der Waals surface area contributed by atoms with Crippen LogP contribution in [0, 0.1) is 27.7 Å². The fourth-order valence-corrected chi connectivity index (χ4v) is 5.40. The van der Waals surface area contributed by atoms with Gasteiger partial charge in [0.05, 0.1) is 33.0 Å². The smallest absolute Gasteiger partial charge is 0.0701 e. The molecule has 4 aromatic rings. The monoisotopic (exact) mass is 451 g/mol. The van der Waals surface area contributed by atoms with Crippen LogP contribution in [0.25, 0.3) is 32.2 Å². The highest BCUT2D eigenvalue weighted by Gasteiger charge is 2.15. The molecule has 0 N–H and O–H groups in total. The van der Waals surface area contributed by atoms with Crippen molar-refractivity contribution in [3.63, 3.8) is 0 Å². The third-order valence-electron chi connectivity index (χ3n) is 6.23. The Kier molecular flexibility index (Phi) is 7.31. The Hall–Kier alpha value is -2.18. The maximum atomic E-state index is 5.85. The number of thiophene rings is 1. The van der Waals surface area contributed by atoms with E-state index in [1.807, 2.05) is 11.3 Å². The summed E-state index contributed by atoms with van der Waals surface area (Å²) < 4.78 is 18.7. The Bertz CT molecular complexity index is 1220. The number of aryl methyl sites for hydroxylation is 2.